The van der Waals surface area contributed by atoms with Crippen molar-refractivity contribution in [2.24, 2.45) is 0 Å². The molecule has 0 amide bonds. The van der Waals surface area contributed by atoms with Crippen LogP contribution in [0.4, 0.5) is 20.5 Å². The molecule has 0 radical (unpaired) electrons. The average Bonchev–Trinajstić information content (AvgIpc) is 3.75. The van der Waals surface area contributed by atoms with Crippen molar-refractivity contribution >= 4 is 53.2 Å². The highest BCUT2D eigenvalue weighted by Gasteiger charge is 2.29. The molecular formula is C28H26ClF2N5O5. The summed E-state index contributed by atoms with van der Waals surface area (Å²) < 4.78 is 43.5. The number of carboxylic acid groups (broad SMARTS) is 1. The normalized spacial score (nSPS) is 12.9. The molecule has 5 rings (SSSR count). The van der Waals surface area contributed by atoms with E-state index < -0.39 is 34.2 Å². The summed E-state index contributed by atoms with van der Waals surface area (Å²) in [7, 11) is 2.90. The van der Waals surface area contributed by atoms with Crippen LogP contribution in [-0.2, 0) is 6.42 Å². The Balaban J connectivity index is 0.00000387. The number of hydrogen-bond acceptors (Lipinski definition) is 8. The van der Waals surface area contributed by atoms with Gasteiger partial charge in [0.2, 0.25) is 11.4 Å². The third-order valence-electron chi connectivity index (χ3n) is 6.72. The first-order chi connectivity index (χ1) is 19.1. The molecule has 0 atom stereocenters. The zero-order valence-corrected chi connectivity index (χ0v) is 22.8. The predicted molar refractivity (Wildman–Crippen MR) is 153 cm³/mol. The Morgan fingerprint density at radius 1 is 1.17 bits per heavy atom. The highest BCUT2D eigenvalue weighted by molar-refractivity contribution is 5.94. The van der Waals surface area contributed by atoms with Gasteiger partial charge < -0.3 is 30.6 Å². The first-order valence-electron chi connectivity index (χ1n) is 12.2. The maximum absolute atomic E-state index is 15.9. The molecule has 0 bridgehead atoms. The first-order valence-corrected chi connectivity index (χ1v) is 12.2. The number of nitrogens with zero attached hydrogens (tertiary/aromatic N) is 3. The second-order valence-electron chi connectivity index (χ2n) is 9.37. The lowest BCUT2D eigenvalue weighted by Crippen LogP contribution is -2.20. The molecule has 41 heavy (non-hydrogen) atoms. The van der Waals surface area contributed by atoms with Crippen LogP contribution in [0.5, 0.6) is 11.5 Å². The molecule has 2 aromatic heterocycles. The molecule has 10 nitrogen and oxygen atoms in total. The third kappa shape index (κ3) is 5.50. The number of methoxy groups -OCH3 is 2. The minimum absolute atomic E-state index is 0. The van der Waals surface area contributed by atoms with Crippen LogP contribution in [0, 0.1) is 11.6 Å². The van der Waals surface area contributed by atoms with E-state index in [1.165, 1.54) is 37.1 Å². The maximum Gasteiger partial charge on any atom is 0.341 e. The minimum Gasteiger partial charge on any atom is -0.493 e. The van der Waals surface area contributed by atoms with Gasteiger partial charge in [0.25, 0.3) is 0 Å². The topological polar surface area (TPSA) is 156 Å². The molecule has 1 aliphatic carbocycles. The number of aromatic nitrogens is 3. The van der Waals surface area contributed by atoms with Gasteiger partial charge in [-0.25, -0.2) is 18.6 Å². The molecule has 4 aromatic rings. The van der Waals surface area contributed by atoms with E-state index in [-0.39, 0.29) is 41.1 Å². The largest absolute Gasteiger partial charge is 0.493 e. The molecular weight excluding hydrogens is 560 g/mol. The number of pyridine rings is 1. The van der Waals surface area contributed by atoms with Crippen LogP contribution >= 0.6 is 12.4 Å². The Hall–Kier alpha value is -4.71. The summed E-state index contributed by atoms with van der Waals surface area (Å²) >= 11 is 0. The molecule has 1 fully saturated rings. The number of ether oxygens (including phenoxy) is 2. The predicted octanol–water partition coefficient (Wildman–Crippen LogP) is 4.47. The van der Waals surface area contributed by atoms with Gasteiger partial charge in [0, 0.05) is 41.5 Å². The molecule has 0 aliphatic heterocycles. The van der Waals surface area contributed by atoms with Gasteiger partial charge in [-0.2, -0.15) is 4.98 Å². The van der Waals surface area contributed by atoms with Gasteiger partial charge in [-0.1, -0.05) is 6.08 Å². The van der Waals surface area contributed by atoms with Crippen LogP contribution in [0.2, 0.25) is 0 Å². The summed E-state index contributed by atoms with van der Waals surface area (Å²) in [5.74, 6) is -2.49. The van der Waals surface area contributed by atoms with E-state index in [1.807, 2.05) is 0 Å². The van der Waals surface area contributed by atoms with Gasteiger partial charge in [-0.05, 0) is 42.7 Å². The van der Waals surface area contributed by atoms with Crippen molar-refractivity contribution in [2.45, 2.75) is 25.3 Å². The van der Waals surface area contributed by atoms with Crippen LogP contribution in [0.1, 0.15) is 51.5 Å². The summed E-state index contributed by atoms with van der Waals surface area (Å²) in [5, 5.41) is 9.11. The van der Waals surface area contributed by atoms with Crippen LogP contribution in [0.15, 0.2) is 35.4 Å². The number of anilines is 2. The minimum atomic E-state index is -1.46. The van der Waals surface area contributed by atoms with Crippen molar-refractivity contribution in [2.75, 3.05) is 25.7 Å². The number of nitrogen functional groups attached to an aromatic ring is 2. The van der Waals surface area contributed by atoms with Crippen molar-refractivity contribution in [3.8, 4) is 11.5 Å². The molecule has 0 spiro atoms. The Kier molecular flexibility index (Phi) is 8.15. The van der Waals surface area contributed by atoms with Crippen molar-refractivity contribution < 1.29 is 28.2 Å². The van der Waals surface area contributed by atoms with Gasteiger partial charge in [-0.15, -0.1) is 12.4 Å². The van der Waals surface area contributed by atoms with Gasteiger partial charge >= 0.3 is 5.97 Å². The number of nitrogens with two attached hydrogens (primary N) is 2. The van der Waals surface area contributed by atoms with E-state index in [0.29, 0.717) is 41.9 Å². The van der Waals surface area contributed by atoms with Crippen molar-refractivity contribution in [3.63, 3.8) is 0 Å². The quantitative estimate of drug-likeness (QED) is 0.254. The fourth-order valence-corrected chi connectivity index (χ4v) is 4.64. The van der Waals surface area contributed by atoms with Crippen LogP contribution in [0.3, 0.4) is 0 Å². The SMILES string of the molecule is COc1cc(Cc2cnc(N)nc2N)cc(/C=C\c2c(F)cc3c(=O)c(C(=O)O)cn(C4CC4)c3c2F)c1OC.Cl. The summed E-state index contributed by atoms with van der Waals surface area (Å²) in [4.78, 5) is 32.3. The molecule has 214 valence electrons. The molecule has 1 aliphatic rings. The molecule has 2 heterocycles. The Morgan fingerprint density at radius 2 is 1.90 bits per heavy atom. The molecule has 13 heteroatoms. The Labute approximate surface area is 238 Å². The molecule has 2 aromatic carbocycles. The van der Waals surface area contributed by atoms with E-state index in [4.69, 9.17) is 20.9 Å². The first kappa shape index (κ1) is 29.3. The van der Waals surface area contributed by atoms with Crippen LogP contribution < -0.4 is 26.4 Å². The lowest BCUT2D eigenvalue weighted by molar-refractivity contribution is 0.0694. The standard InChI is InChI=1S/C28H25F2N5O5.ClH/c1-39-21-9-13(8-15-11-33-28(32)34-26(15)31)7-14(25(21)40-2)3-6-17-20(29)10-18-23(22(17)30)35(16-4-5-16)12-19(24(18)36)27(37)38;/h3,6-7,9-12,16H,4-5,8H2,1-2H3,(H,37,38)(H4,31,32,33,34);1H/b6-3-;. The van der Waals surface area contributed by atoms with Gasteiger partial charge in [0.15, 0.2) is 17.3 Å². The number of carbonyl (C=O) groups is 1. The van der Waals surface area contributed by atoms with E-state index in [9.17, 15) is 14.7 Å². The van der Waals surface area contributed by atoms with Crippen LogP contribution in [-0.4, -0.2) is 39.8 Å². The third-order valence-corrected chi connectivity index (χ3v) is 6.72. The van der Waals surface area contributed by atoms with E-state index in [2.05, 4.69) is 9.97 Å². The van der Waals surface area contributed by atoms with E-state index in [0.717, 1.165) is 17.8 Å². The maximum atomic E-state index is 15.9. The fraction of sp³-hybridized carbons (Fsp3) is 0.214. The molecule has 1 saturated carbocycles. The summed E-state index contributed by atoms with van der Waals surface area (Å²) in [6.45, 7) is 0. The average molecular weight is 586 g/mol. The summed E-state index contributed by atoms with van der Waals surface area (Å²) in [5.41, 5.74) is 11.3. The lowest BCUT2D eigenvalue weighted by Gasteiger charge is -2.15. The molecule has 0 unspecified atom stereocenters. The van der Waals surface area contributed by atoms with Crippen molar-refractivity contribution in [1.29, 1.82) is 0 Å². The smallest absolute Gasteiger partial charge is 0.341 e. The highest BCUT2D eigenvalue weighted by Crippen LogP contribution is 2.39. The number of carboxylic acids is 1. The summed E-state index contributed by atoms with van der Waals surface area (Å²) in [6, 6.07) is 4.18. The van der Waals surface area contributed by atoms with E-state index in [1.54, 1.807) is 12.1 Å². The Morgan fingerprint density at radius 3 is 2.51 bits per heavy atom. The molecule has 0 saturated heterocycles. The van der Waals surface area contributed by atoms with Gasteiger partial charge in [0.1, 0.15) is 17.2 Å². The number of aromatic carboxylic acids is 1. The lowest BCUT2D eigenvalue weighted by atomic mass is 10.0. The monoisotopic (exact) mass is 585 g/mol. The second-order valence-corrected chi connectivity index (χ2v) is 9.37. The van der Waals surface area contributed by atoms with Crippen molar-refractivity contribution in [3.05, 3.63) is 80.3 Å². The Bertz CT molecular complexity index is 1770. The van der Waals surface area contributed by atoms with Crippen LogP contribution in [0.25, 0.3) is 23.1 Å². The highest BCUT2D eigenvalue weighted by atomic mass is 35.5. The number of benzene rings is 2. The van der Waals surface area contributed by atoms with Gasteiger partial charge in [-0.3, -0.25) is 4.79 Å². The second kappa shape index (κ2) is 11.4. The van der Waals surface area contributed by atoms with E-state index >= 15 is 8.78 Å². The summed E-state index contributed by atoms with van der Waals surface area (Å²) in [6.07, 6.45) is 7.03. The van der Waals surface area contributed by atoms with Crippen molar-refractivity contribution in [1.82, 2.24) is 14.5 Å². The fourth-order valence-electron chi connectivity index (χ4n) is 4.64. The number of hydrogen-bond donors (Lipinski definition) is 3. The number of fused-ring (bicyclic) bond motifs is 1. The zero-order valence-electron chi connectivity index (χ0n) is 22.0. The number of rotatable bonds is 8. The number of halogens is 3. The van der Waals surface area contributed by atoms with Gasteiger partial charge in [0.05, 0.1) is 25.1 Å². The molecule has 5 N–H and O–H groups in total. The zero-order chi connectivity index (χ0) is 28.7.